The fourth-order valence-corrected chi connectivity index (χ4v) is 1.76. The maximum Gasteiger partial charge on any atom is 0.0633 e. The summed E-state index contributed by atoms with van der Waals surface area (Å²) in [5, 5.41) is 0. The molecule has 0 saturated heterocycles. The molecule has 0 N–H and O–H groups in total. The van der Waals surface area contributed by atoms with Gasteiger partial charge in [-0.25, -0.2) is 0 Å². The van der Waals surface area contributed by atoms with E-state index in [-0.39, 0.29) is 0 Å². The summed E-state index contributed by atoms with van der Waals surface area (Å²) in [5.74, 6) is 0. The summed E-state index contributed by atoms with van der Waals surface area (Å²) >= 11 is 0. The Morgan fingerprint density at radius 2 is 1.50 bits per heavy atom. The average Bonchev–Trinajstić information content (AvgIpc) is 2.40. The van der Waals surface area contributed by atoms with Crippen molar-refractivity contribution in [1.82, 2.24) is 0 Å². The first kappa shape index (κ1) is 12.4. The first-order chi connectivity index (χ1) is 8.66. The van der Waals surface area contributed by atoms with E-state index in [2.05, 4.69) is 34.2 Å². The lowest BCUT2D eigenvalue weighted by molar-refractivity contribution is 1.13. The Morgan fingerprint density at radius 1 is 0.889 bits per heavy atom. The summed E-state index contributed by atoms with van der Waals surface area (Å²) in [6.45, 7) is 2.04. The molecule has 0 heterocycles. The Balaban J connectivity index is 2.24. The molecule has 0 aromatic heterocycles. The molecular weight excluding hydrogens is 220 g/mol. The Kier molecular flexibility index (Phi) is 3.78. The largest absolute Gasteiger partial charge is 0.378 e. The molecule has 0 saturated carbocycles. The molecule has 0 bridgehead atoms. The van der Waals surface area contributed by atoms with Crippen molar-refractivity contribution in [2.24, 2.45) is 4.99 Å². The zero-order valence-corrected chi connectivity index (χ0v) is 11.1. The second kappa shape index (κ2) is 5.50. The average molecular weight is 238 g/mol. The van der Waals surface area contributed by atoms with Gasteiger partial charge in [0.1, 0.15) is 0 Å². The zero-order valence-electron chi connectivity index (χ0n) is 11.1. The van der Waals surface area contributed by atoms with Crippen LogP contribution in [0, 0.1) is 0 Å². The van der Waals surface area contributed by atoms with E-state index in [1.807, 2.05) is 51.4 Å². The number of hydrogen-bond donors (Lipinski definition) is 0. The third kappa shape index (κ3) is 2.98. The lowest BCUT2D eigenvalue weighted by atomic mass is 10.1. The molecule has 0 amide bonds. The van der Waals surface area contributed by atoms with Crippen LogP contribution < -0.4 is 4.90 Å². The standard InChI is InChI=1S/C16H18N2/c1-13(17-15-7-5-4-6-8-15)14-9-11-16(12-10-14)18(2)3/h4-12H,1-3H3. The number of aliphatic imine (C=N–C) groups is 1. The zero-order chi connectivity index (χ0) is 13.0. The van der Waals surface area contributed by atoms with E-state index in [0.29, 0.717) is 0 Å². The topological polar surface area (TPSA) is 15.6 Å². The van der Waals surface area contributed by atoms with Crippen molar-refractivity contribution >= 4 is 17.1 Å². The van der Waals surface area contributed by atoms with E-state index in [4.69, 9.17) is 0 Å². The lowest BCUT2D eigenvalue weighted by Crippen LogP contribution is -2.08. The molecule has 18 heavy (non-hydrogen) atoms. The van der Waals surface area contributed by atoms with Gasteiger partial charge in [-0.05, 0) is 36.8 Å². The summed E-state index contributed by atoms with van der Waals surface area (Å²) < 4.78 is 0. The monoisotopic (exact) mass is 238 g/mol. The molecule has 0 unspecified atom stereocenters. The van der Waals surface area contributed by atoms with Crippen LogP contribution in [0.15, 0.2) is 59.6 Å². The summed E-state index contributed by atoms with van der Waals surface area (Å²) in [4.78, 5) is 6.70. The van der Waals surface area contributed by atoms with Gasteiger partial charge in [0, 0.05) is 25.5 Å². The maximum absolute atomic E-state index is 4.61. The smallest absolute Gasteiger partial charge is 0.0633 e. The molecule has 92 valence electrons. The summed E-state index contributed by atoms with van der Waals surface area (Å²) in [6.07, 6.45) is 0. The molecule has 0 aliphatic rings. The third-order valence-electron chi connectivity index (χ3n) is 2.85. The molecule has 0 aliphatic heterocycles. The fraction of sp³-hybridized carbons (Fsp3) is 0.188. The van der Waals surface area contributed by atoms with E-state index in [1.54, 1.807) is 0 Å². The van der Waals surface area contributed by atoms with Crippen LogP contribution in [0.4, 0.5) is 11.4 Å². The van der Waals surface area contributed by atoms with E-state index in [9.17, 15) is 0 Å². The van der Waals surface area contributed by atoms with E-state index in [0.717, 1.165) is 17.0 Å². The van der Waals surface area contributed by atoms with E-state index in [1.165, 1.54) is 5.69 Å². The van der Waals surface area contributed by atoms with Gasteiger partial charge in [0.15, 0.2) is 0 Å². The van der Waals surface area contributed by atoms with Crippen LogP contribution in [0.1, 0.15) is 12.5 Å². The van der Waals surface area contributed by atoms with Crippen LogP contribution >= 0.6 is 0 Å². The summed E-state index contributed by atoms with van der Waals surface area (Å²) in [7, 11) is 4.08. The first-order valence-corrected chi connectivity index (χ1v) is 6.05. The molecule has 0 spiro atoms. The van der Waals surface area contributed by atoms with Gasteiger partial charge in [-0.3, -0.25) is 4.99 Å². The van der Waals surface area contributed by atoms with Gasteiger partial charge < -0.3 is 4.90 Å². The Bertz CT molecular complexity index is 525. The van der Waals surface area contributed by atoms with Gasteiger partial charge in [-0.1, -0.05) is 30.3 Å². The number of para-hydroxylation sites is 1. The Hall–Kier alpha value is -2.09. The van der Waals surface area contributed by atoms with Crippen LogP contribution in [0.3, 0.4) is 0 Å². The molecule has 2 heteroatoms. The summed E-state index contributed by atoms with van der Waals surface area (Å²) in [6, 6.07) is 18.5. The summed E-state index contributed by atoms with van der Waals surface area (Å²) in [5.41, 5.74) is 4.38. The Labute approximate surface area is 109 Å². The molecule has 0 radical (unpaired) electrons. The van der Waals surface area contributed by atoms with Crippen molar-refractivity contribution in [3.05, 3.63) is 60.2 Å². The highest BCUT2D eigenvalue weighted by atomic mass is 15.1. The molecular formula is C16H18N2. The fourth-order valence-electron chi connectivity index (χ4n) is 1.76. The lowest BCUT2D eigenvalue weighted by Gasteiger charge is -2.12. The van der Waals surface area contributed by atoms with Crippen LogP contribution in [0.5, 0.6) is 0 Å². The van der Waals surface area contributed by atoms with Gasteiger partial charge >= 0.3 is 0 Å². The molecule has 0 atom stereocenters. The van der Waals surface area contributed by atoms with Crippen molar-refractivity contribution in [2.75, 3.05) is 19.0 Å². The van der Waals surface area contributed by atoms with E-state index >= 15 is 0 Å². The van der Waals surface area contributed by atoms with Crippen molar-refractivity contribution in [3.63, 3.8) is 0 Å². The molecule has 0 fully saturated rings. The highest BCUT2D eigenvalue weighted by Crippen LogP contribution is 2.16. The normalized spacial score (nSPS) is 11.4. The number of hydrogen-bond acceptors (Lipinski definition) is 2. The highest BCUT2D eigenvalue weighted by Gasteiger charge is 1.99. The maximum atomic E-state index is 4.61. The molecule has 2 aromatic rings. The third-order valence-corrected chi connectivity index (χ3v) is 2.85. The van der Waals surface area contributed by atoms with Crippen LogP contribution in [0.2, 0.25) is 0 Å². The van der Waals surface area contributed by atoms with Gasteiger partial charge in [0.25, 0.3) is 0 Å². The number of rotatable bonds is 3. The minimum atomic E-state index is 0.992. The number of nitrogens with zero attached hydrogens (tertiary/aromatic N) is 2. The predicted molar refractivity (Wildman–Crippen MR) is 79.1 cm³/mol. The first-order valence-electron chi connectivity index (χ1n) is 6.05. The van der Waals surface area contributed by atoms with Gasteiger partial charge in [-0.15, -0.1) is 0 Å². The molecule has 2 aromatic carbocycles. The second-order valence-electron chi connectivity index (χ2n) is 4.47. The van der Waals surface area contributed by atoms with Crippen molar-refractivity contribution in [2.45, 2.75) is 6.92 Å². The van der Waals surface area contributed by atoms with Crippen molar-refractivity contribution in [1.29, 1.82) is 0 Å². The number of benzene rings is 2. The minimum absolute atomic E-state index is 0.992. The molecule has 2 rings (SSSR count). The Morgan fingerprint density at radius 3 is 2.06 bits per heavy atom. The SMILES string of the molecule is CC(=Nc1ccccc1)c1ccc(N(C)C)cc1. The minimum Gasteiger partial charge on any atom is -0.378 e. The molecule has 0 aliphatic carbocycles. The van der Waals surface area contributed by atoms with Crippen LogP contribution in [0.25, 0.3) is 0 Å². The van der Waals surface area contributed by atoms with Crippen molar-refractivity contribution in [3.8, 4) is 0 Å². The van der Waals surface area contributed by atoms with Gasteiger partial charge in [0.05, 0.1) is 5.69 Å². The van der Waals surface area contributed by atoms with Gasteiger partial charge in [-0.2, -0.15) is 0 Å². The van der Waals surface area contributed by atoms with E-state index < -0.39 is 0 Å². The molecule has 2 nitrogen and oxygen atoms in total. The number of anilines is 1. The van der Waals surface area contributed by atoms with Crippen LogP contribution in [-0.2, 0) is 0 Å². The van der Waals surface area contributed by atoms with Gasteiger partial charge in [0.2, 0.25) is 0 Å². The van der Waals surface area contributed by atoms with Crippen LogP contribution in [-0.4, -0.2) is 19.8 Å². The highest BCUT2D eigenvalue weighted by molar-refractivity contribution is 6.00. The second-order valence-corrected chi connectivity index (χ2v) is 4.47. The van der Waals surface area contributed by atoms with Crippen molar-refractivity contribution < 1.29 is 0 Å². The quantitative estimate of drug-likeness (QED) is 0.741. The predicted octanol–water partition coefficient (Wildman–Crippen LogP) is 3.89.